The lowest BCUT2D eigenvalue weighted by atomic mass is 9.89. The van der Waals surface area contributed by atoms with Gasteiger partial charge in [0.2, 0.25) is 0 Å². The third-order valence-electron chi connectivity index (χ3n) is 5.34. The van der Waals surface area contributed by atoms with Crippen LogP contribution >= 0.6 is 11.6 Å². The number of rotatable bonds is 3. The summed E-state index contributed by atoms with van der Waals surface area (Å²) in [5.41, 5.74) is 0.348. The number of nitrogens with zero attached hydrogens (tertiary/aromatic N) is 2. The normalized spacial score (nSPS) is 21.6. The van der Waals surface area contributed by atoms with Crippen LogP contribution in [0.4, 0.5) is 4.39 Å². The molecule has 0 saturated carbocycles. The van der Waals surface area contributed by atoms with Gasteiger partial charge >= 0.3 is 0 Å². The lowest BCUT2D eigenvalue weighted by molar-refractivity contribution is 0.0624. The molecular weight excluding hydrogens is 315 g/mol. The topological polar surface area (TPSA) is 23.6 Å². The Morgan fingerprint density at radius 3 is 2.43 bits per heavy atom. The Bertz CT molecular complexity index is 546. The number of likely N-dealkylation sites (tertiary alicyclic amines) is 2. The molecule has 126 valence electrons. The summed E-state index contributed by atoms with van der Waals surface area (Å²) in [5.74, 6) is 0.0744. The average Bonchev–Trinajstić information content (AvgIpc) is 3.07. The molecule has 2 aliphatic rings. The van der Waals surface area contributed by atoms with Crippen LogP contribution in [0.1, 0.15) is 43.0 Å². The number of halogens is 2. The fourth-order valence-corrected chi connectivity index (χ4v) is 4.11. The van der Waals surface area contributed by atoms with Crippen LogP contribution in [0.15, 0.2) is 18.2 Å². The largest absolute Gasteiger partial charge is 0.339 e. The first-order valence-corrected chi connectivity index (χ1v) is 8.92. The van der Waals surface area contributed by atoms with Gasteiger partial charge in [-0.3, -0.25) is 4.79 Å². The molecule has 2 heterocycles. The predicted molar refractivity (Wildman–Crippen MR) is 90.3 cm³/mol. The van der Waals surface area contributed by atoms with Gasteiger partial charge in [0.15, 0.2) is 0 Å². The summed E-state index contributed by atoms with van der Waals surface area (Å²) in [5, 5.41) is 0.269. The number of piperidine rings is 1. The SMILES string of the molecule is C[C@@H](C1CCN(C(=O)c2cc(F)cc(Cl)c2)CC1)N1CCCC1. The first-order chi connectivity index (χ1) is 11.0. The fraction of sp³-hybridized carbons (Fsp3) is 0.611. The number of benzene rings is 1. The Kier molecular flexibility index (Phi) is 5.22. The molecule has 1 aromatic carbocycles. The molecule has 2 aliphatic heterocycles. The molecule has 0 N–H and O–H groups in total. The molecule has 0 aliphatic carbocycles. The molecule has 2 fully saturated rings. The second kappa shape index (κ2) is 7.18. The quantitative estimate of drug-likeness (QED) is 0.836. The summed E-state index contributed by atoms with van der Waals surface area (Å²) in [6, 6.07) is 4.64. The van der Waals surface area contributed by atoms with Gasteiger partial charge in [-0.1, -0.05) is 11.6 Å². The van der Waals surface area contributed by atoms with E-state index < -0.39 is 5.82 Å². The molecule has 5 heteroatoms. The van der Waals surface area contributed by atoms with Crippen molar-refractivity contribution >= 4 is 17.5 Å². The molecule has 0 bridgehead atoms. The number of carbonyl (C=O) groups is 1. The number of carbonyl (C=O) groups excluding carboxylic acids is 1. The van der Waals surface area contributed by atoms with Crippen LogP contribution in [0.2, 0.25) is 5.02 Å². The van der Waals surface area contributed by atoms with E-state index in [1.165, 1.54) is 38.1 Å². The molecule has 0 aromatic heterocycles. The third-order valence-corrected chi connectivity index (χ3v) is 5.55. The molecule has 0 radical (unpaired) electrons. The van der Waals surface area contributed by atoms with Gasteiger partial charge in [-0.15, -0.1) is 0 Å². The minimum atomic E-state index is -0.460. The van der Waals surface area contributed by atoms with Crippen molar-refractivity contribution in [2.75, 3.05) is 26.2 Å². The zero-order valence-corrected chi connectivity index (χ0v) is 14.4. The van der Waals surface area contributed by atoms with Crippen molar-refractivity contribution in [3.63, 3.8) is 0 Å². The molecule has 3 nitrogen and oxygen atoms in total. The van der Waals surface area contributed by atoms with E-state index in [0.29, 0.717) is 17.5 Å². The van der Waals surface area contributed by atoms with Crippen molar-refractivity contribution in [2.45, 2.75) is 38.6 Å². The number of hydrogen-bond donors (Lipinski definition) is 0. The van der Waals surface area contributed by atoms with Crippen LogP contribution in [0.5, 0.6) is 0 Å². The van der Waals surface area contributed by atoms with Gasteiger partial charge in [-0.2, -0.15) is 0 Å². The molecule has 3 rings (SSSR count). The second-order valence-electron chi connectivity index (χ2n) is 6.77. The van der Waals surface area contributed by atoms with E-state index in [2.05, 4.69) is 11.8 Å². The summed E-state index contributed by atoms with van der Waals surface area (Å²) < 4.78 is 13.4. The summed E-state index contributed by atoms with van der Waals surface area (Å²) in [7, 11) is 0. The van der Waals surface area contributed by atoms with Crippen molar-refractivity contribution < 1.29 is 9.18 Å². The number of amides is 1. The molecule has 1 amide bonds. The van der Waals surface area contributed by atoms with Crippen LogP contribution in [0.3, 0.4) is 0 Å². The number of hydrogen-bond acceptors (Lipinski definition) is 2. The van der Waals surface area contributed by atoms with Gasteiger partial charge in [0.05, 0.1) is 0 Å². The van der Waals surface area contributed by atoms with E-state index in [-0.39, 0.29) is 10.9 Å². The van der Waals surface area contributed by atoms with Crippen LogP contribution in [-0.4, -0.2) is 47.9 Å². The highest BCUT2D eigenvalue weighted by Crippen LogP contribution is 2.27. The summed E-state index contributed by atoms with van der Waals surface area (Å²) >= 11 is 5.85. The van der Waals surface area contributed by atoms with E-state index in [1.54, 1.807) is 6.07 Å². The summed E-state index contributed by atoms with van der Waals surface area (Å²) in [6.07, 6.45) is 4.66. The van der Waals surface area contributed by atoms with Crippen LogP contribution in [0.25, 0.3) is 0 Å². The second-order valence-corrected chi connectivity index (χ2v) is 7.21. The minimum Gasteiger partial charge on any atom is -0.339 e. The van der Waals surface area contributed by atoms with Crippen molar-refractivity contribution in [1.29, 1.82) is 0 Å². The van der Waals surface area contributed by atoms with Crippen LogP contribution < -0.4 is 0 Å². The Hall–Kier alpha value is -1.13. The van der Waals surface area contributed by atoms with Crippen molar-refractivity contribution in [1.82, 2.24) is 9.80 Å². The maximum absolute atomic E-state index is 13.4. The summed E-state index contributed by atoms with van der Waals surface area (Å²) in [4.78, 5) is 16.9. The maximum atomic E-state index is 13.4. The van der Waals surface area contributed by atoms with Crippen molar-refractivity contribution in [3.8, 4) is 0 Å². The molecule has 23 heavy (non-hydrogen) atoms. The van der Waals surface area contributed by atoms with Gasteiger partial charge in [-0.25, -0.2) is 4.39 Å². The van der Waals surface area contributed by atoms with E-state index in [9.17, 15) is 9.18 Å². The highest BCUT2D eigenvalue weighted by molar-refractivity contribution is 6.31. The Morgan fingerprint density at radius 1 is 1.17 bits per heavy atom. The average molecular weight is 339 g/mol. The lowest BCUT2D eigenvalue weighted by Gasteiger charge is -2.38. The predicted octanol–water partition coefficient (Wildman–Crippen LogP) is 3.82. The van der Waals surface area contributed by atoms with Gasteiger partial charge < -0.3 is 9.80 Å². The van der Waals surface area contributed by atoms with E-state index in [4.69, 9.17) is 11.6 Å². The molecule has 1 atom stereocenters. The monoisotopic (exact) mass is 338 g/mol. The molecule has 0 unspecified atom stereocenters. The highest BCUT2D eigenvalue weighted by atomic mass is 35.5. The zero-order valence-electron chi connectivity index (χ0n) is 13.6. The first-order valence-electron chi connectivity index (χ1n) is 8.54. The van der Waals surface area contributed by atoms with Gasteiger partial charge in [0.1, 0.15) is 5.82 Å². The Labute approximate surface area is 142 Å². The summed E-state index contributed by atoms with van der Waals surface area (Å²) in [6.45, 7) is 6.23. The third kappa shape index (κ3) is 3.86. The van der Waals surface area contributed by atoms with Crippen molar-refractivity contribution in [2.24, 2.45) is 5.92 Å². The first kappa shape index (κ1) is 16.7. The van der Waals surface area contributed by atoms with Gasteiger partial charge in [0.25, 0.3) is 5.91 Å². The molecule has 0 spiro atoms. The smallest absolute Gasteiger partial charge is 0.254 e. The minimum absolute atomic E-state index is 0.112. The lowest BCUT2D eigenvalue weighted by Crippen LogP contribution is -2.45. The molecule has 1 aromatic rings. The maximum Gasteiger partial charge on any atom is 0.254 e. The van der Waals surface area contributed by atoms with E-state index in [0.717, 1.165) is 25.9 Å². The Balaban J connectivity index is 1.58. The van der Waals surface area contributed by atoms with Gasteiger partial charge in [-0.05, 0) is 69.8 Å². The highest BCUT2D eigenvalue weighted by Gasteiger charge is 2.30. The van der Waals surface area contributed by atoms with Gasteiger partial charge in [0, 0.05) is 29.7 Å². The standard InChI is InChI=1S/C18H24ClFN2O/c1-13(21-6-2-3-7-21)14-4-8-22(9-5-14)18(23)15-10-16(19)12-17(20)11-15/h10-14H,2-9H2,1H3/t13-/m0/s1. The van der Waals surface area contributed by atoms with E-state index >= 15 is 0 Å². The van der Waals surface area contributed by atoms with Crippen LogP contribution in [-0.2, 0) is 0 Å². The molecule has 2 saturated heterocycles. The fourth-order valence-electron chi connectivity index (χ4n) is 3.89. The zero-order chi connectivity index (χ0) is 16.4. The van der Waals surface area contributed by atoms with Crippen LogP contribution in [0, 0.1) is 11.7 Å². The van der Waals surface area contributed by atoms with E-state index in [1.807, 2.05) is 4.90 Å². The Morgan fingerprint density at radius 2 is 1.83 bits per heavy atom. The van der Waals surface area contributed by atoms with Crippen molar-refractivity contribution in [3.05, 3.63) is 34.6 Å². The molecular formula is C18H24ClFN2O.